The van der Waals surface area contributed by atoms with E-state index in [0.717, 1.165) is 28.3 Å². The summed E-state index contributed by atoms with van der Waals surface area (Å²) in [6.07, 6.45) is 6.42. The summed E-state index contributed by atoms with van der Waals surface area (Å²) in [6, 6.07) is 7.53. The van der Waals surface area contributed by atoms with Gasteiger partial charge in [-0.3, -0.25) is 4.79 Å². The zero-order valence-corrected chi connectivity index (χ0v) is 18.6. The average molecular weight is 434 g/mol. The number of aromatic nitrogens is 1. The van der Waals surface area contributed by atoms with Crippen molar-refractivity contribution in [3.63, 3.8) is 0 Å². The van der Waals surface area contributed by atoms with Crippen LogP contribution in [0.4, 0.5) is 15.6 Å². The van der Waals surface area contributed by atoms with Crippen LogP contribution in [0.15, 0.2) is 34.7 Å². The molecule has 1 heterocycles. The van der Waals surface area contributed by atoms with E-state index >= 15 is 0 Å². The monoisotopic (exact) mass is 433 g/mol. The maximum absolute atomic E-state index is 13.1. The minimum atomic E-state index is -0.970. The lowest BCUT2D eigenvalue weighted by atomic mass is 10.1. The third-order valence-corrected chi connectivity index (χ3v) is 7.28. The molecule has 3 rings (SSSR count). The van der Waals surface area contributed by atoms with Crippen molar-refractivity contribution < 1.29 is 14.7 Å². The topological polar surface area (TPSA) is 82.5 Å². The number of carboxylic acid groups (broad SMARTS) is 1. The van der Waals surface area contributed by atoms with E-state index in [4.69, 9.17) is 0 Å². The van der Waals surface area contributed by atoms with E-state index in [-0.39, 0.29) is 6.03 Å². The molecule has 2 aromatic rings. The maximum Gasteiger partial charge on any atom is 0.328 e. The van der Waals surface area contributed by atoms with Crippen LogP contribution >= 0.6 is 23.1 Å². The van der Waals surface area contributed by atoms with Gasteiger partial charge in [-0.1, -0.05) is 48.1 Å². The van der Waals surface area contributed by atoms with E-state index in [1.807, 2.05) is 31.2 Å². The number of amides is 2. The molecule has 6 nitrogen and oxygen atoms in total. The number of nitrogens with zero attached hydrogens (tertiary/aromatic N) is 2. The van der Waals surface area contributed by atoms with Gasteiger partial charge in [0, 0.05) is 6.54 Å². The zero-order chi connectivity index (χ0) is 21.0. The van der Waals surface area contributed by atoms with Crippen molar-refractivity contribution in [3.8, 4) is 0 Å². The van der Waals surface area contributed by atoms with Crippen LogP contribution in [-0.4, -0.2) is 33.4 Å². The van der Waals surface area contributed by atoms with E-state index < -0.39 is 10.7 Å². The Morgan fingerprint density at radius 1 is 1.34 bits per heavy atom. The van der Waals surface area contributed by atoms with Crippen molar-refractivity contribution in [2.24, 2.45) is 5.92 Å². The average Bonchev–Trinajstić information content (AvgIpc) is 3.32. The molecule has 29 heavy (non-hydrogen) atoms. The molecule has 8 heteroatoms. The Bertz CT molecular complexity index is 876. The van der Waals surface area contributed by atoms with E-state index in [2.05, 4.69) is 10.3 Å². The summed E-state index contributed by atoms with van der Waals surface area (Å²) in [4.78, 5) is 30.6. The first-order chi connectivity index (χ1) is 13.8. The molecule has 1 aromatic heterocycles. The summed E-state index contributed by atoms with van der Waals surface area (Å²) in [6.45, 7) is 5.97. The molecule has 1 aliphatic carbocycles. The third kappa shape index (κ3) is 5.51. The molecule has 1 aromatic carbocycles. The molecule has 0 aliphatic heterocycles. The highest BCUT2D eigenvalue weighted by molar-refractivity contribution is 8.03. The summed E-state index contributed by atoms with van der Waals surface area (Å²) in [5.41, 5.74) is 1.80. The quantitative estimate of drug-likeness (QED) is 0.568. The number of thioether (sulfide) groups is 1. The van der Waals surface area contributed by atoms with Crippen molar-refractivity contribution in [1.29, 1.82) is 0 Å². The van der Waals surface area contributed by atoms with E-state index in [1.165, 1.54) is 35.9 Å². The van der Waals surface area contributed by atoms with Crippen LogP contribution in [-0.2, 0) is 4.79 Å². The van der Waals surface area contributed by atoms with E-state index in [9.17, 15) is 14.7 Å². The predicted octanol–water partition coefficient (Wildman–Crippen LogP) is 5.44. The van der Waals surface area contributed by atoms with Gasteiger partial charge in [-0.2, -0.15) is 0 Å². The largest absolute Gasteiger partial charge is 0.480 e. The molecule has 1 aliphatic rings. The van der Waals surface area contributed by atoms with Gasteiger partial charge >= 0.3 is 12.0 Å². The lowest BCUT2D eigenvalue weighted by molar-refractivity contribution is -0.138. The number of rotatable bonds is 7. The van der Waals surface area contributed by atoms with Gasteiger partial charge in [0.15, 0.2) is 5.13 Å². The number of anilines is 2. The third-order valence-electron chi connectivity index (χ3n) is 5.01. The predicted molar refractivity (Wildman–Crippen MR) is 118 cm³/mol. The number of hydrogen-bond donors (Lipinski definition) is 2. The van der Waals surface area contributed by atoms with Crippen LogP contribution in [0.3, 0.4) is 0 Å². The van der Waals surface area contributed by atoms with Crippen molar-refractivity contribution in [1.82, 2.24) is 10.3 Å². The van der Waals surface area contributed by atoms with Gasteiger partial charge in [0.1, 0.15) is 4.75 Å². The smallest absolute Gasteiger partial charge is 0.328 e. The highest BCUT2D eigenvalue weighted by Gasteiger charge is 2.30. The van der Waals surface area contributed by atoms with Gasteiger partial charge in [-0.15, -0.1) is 0 Å². The van der Waals surface area contributed by atoms with E-state index in [0.29, 0.717) is 17.6 Å². The molecule has 156 valence electrons. The minimum absolute atomic E-state index is 0.203. The first-order valence-corrected chi connectivity index (χ1v) is 11.4. The summed E-state index contributed by atoms with van der Waals surface area (Å²) >= 11 is 2.56. The zero-order valence-electron chi connectivity index (χ0n) is 17.0. The van der Waals surface area contributed by atoms with Gasteiger partial charge in [0.25, 0.3) is 0 Å². The highest BCUT2D eigenvalue weighted by atomic mass is 32.2. The molecule has 2 amide bonds. The van der Waals surface area contributed by atoms with Gasteiger partial charge in [-0.05, 0) is 57.2 Å². The minimum Gasteiger partial charge on any atom is -0.480 e. The first kappa shape index (κ1) is 21.6. The van der Waals surface area contributed by atoms with Crippen molar-refractivity contribution in [2.75, 3.05) is 11.4 Å². The van der Waals surface area contributed by atoms with Crippen LogP contribution < -0.4 is 10.2 Å². The van der Waals surface area contributed by atoms with Crippen molar-refractivity contribution in [3.05, 3.63) is 36.0 Å². The lowest BCUT2D eigenvalue weighted by Gasteiger charge is -2.22. The fraction of sp³-hybridized carbons (Fsp3) is 0.476. The normalized spacial score (nSPS) is 14.7. The number of carbonyl (C=O) groups excluding carboxylic acids is 1. The Morgan fingerprint density at radius 3 is 2.72 bits per heavy atom. The lowest BCUT2D eigenvalue weighted by Crippen LogP contribution is -2.39. The summed E-state index contributed by atoms with van der Waals surface area (Å²) in [5, 5.41) is 13.0. The van der Waals surface area contributed by atoms with Crippen LogP contribution in [0.1, 0.15) is 45.1 Å². The maximum atomic E-state index is 13.1. The molecule has 0 atom stereocenters. The first-order valence-electron chi connectivity index (χ1n) is 9.79. The van der Waals surface area contributed by atoms with Crippen molar-refractivity contribution in [2.45, 2.75) is 55.4 Å². The van der Waals surface area contributed by atoms with Gasteiger partial charge in [-0.25, -0.2) is 14.7 Å². The molecule has 0 bridgehead atoms. The number of carbonyl (C=O) groups is 2. The van der Waals surface area contributed by atoms with Gasteiger partial charge in [0.2, 0.25) is 0 Å². The second kappa shape index (κ2) is 9.17. The summed E-state index contributed by atoms with van der Waals surface area (Å²) < 4.78 is -0.212. The number of urea groups is 1. The Balaban J connectivity index is 1.83. The molecule has 0 unspecified atom stereocenters. The summed E-state index contributed by atoms with van der Waals surface area (Å²) in [7, 11) is 0. The van der Waals surface area contributed by atoms with Crippen LogP contribution in [0.2, 0.25) is 0 Å². The number of carboxylic acids is 1. The number of thiazole rings is 1. The molecule has 1 fully saturated rings. The Labute approximate surface area is 179 Å². The molecule has 0 saturated heterocycles. The van der Waals surface area contributed by atoms with Gasteiger partial charge in [0.05, 0.1) is 16.1 Å². The molecule has 0 spiro atoms. The molecular weight excluding hydrogens is 406 g/mol. The van der Waals surface area contributed by atoms with Gasteiger partial charge < -0.3 is 10.4 Å². The number of hydrogen-bond acceptors (Lipinski definition) is 5. The number of nitrogens with one attached hydrogen (secondary N) is 1. The standard InChI is InChI=1S/C21H27N3O3S2/c1-14-7-6-10-16(11-14)24(19(27)22-12-15-8-4-5-9-15)20-23-13-17(28-20)29-21(2,3)18(25)26/h6-7,10-11,13,15H,4-5,8-9,12H2,1-3H3,(H,22,27)(H,25,26). The molecule has 1 saturated carbocycles. The fourth-order valence-electron chi connectivity index (χ4n) is 3.30. The van der Waals surface area contributed by atoms with Crippen molar-refractivity contribution >= 4 is 45.9 Å². The highest BCUT2D eigenvalue weighted by Crippen LogP contribution is 2.40. The number of aliphatic carboxylic acids is 1. The summed E-state index contributed by atoms with van der Waals surface area (Å²) in [5.74, 6) is -0.348. The SMILES string of the molecule is Cc1cccc(N(C(=O)NCC2CCCC2)c2ncc(SC(C)(C)C(=O)O)s2)c1. The molecule has 2 N–H and O–H groups in total. The number of aryl methyl sites for hydroxylation is 1. The molecular formula is C21H27N3O3S2. The molecule has 0 radical (unpaired) electrons. The fourth-order valence-corrected chi connectivity index (χ4v) is 5.68. The van der Waals surface area contributed by atoms with Crippen LogP contribution in [0.25, 0.3) is 0 Å². The number of benzene rings is 1. The second-order valence-electron chi connectivity index (χ2n) is 7.89. The Morgan fingerprint density at radius 2 is 2.07 bits per heavy atom. The second-order valence-corrected chi connectivity index (χ2v) is 10.8. The Hall–Kier alpha value is -2.06. The Kier molecular flexibility index (Phi) is 6.85. The van der Waals surface area contributed by atoms with E-state index in [1.54, 1.807) is 24.9 Å². The van der Waals surface area contributed by atoms with Crippen LogP contribution in [0, 0.1) is 12.8 Å². The van der Waals surface area contributed by atoms with Crippen LogP contribution in [0.5, 0.6) is 0 Å².